The van der Waals surface area contributed by atoms with Crippen molar-refractivity contribution in [1.29, 1.82) is 0 Å². The molecule has 1 rings (SSSR count). The lowest BCUT2D eigenvalue weighted by atomic mass is 10.1. The molecule has 1 aromatic carbocycles. The lowest BCUT2D eigenvalue weighted by Gasteiger charge is -2.07. The molecule has 0 unspecified atom stereocenters. The fourth-order valence-corrected chi connectivity index (χ4v) is 1.14. The molecule has 0 saturated heterocycles. The summed E-state index contributed by atoms with van der Waals surface area (Å²) in [5, 5.41) is 8.41. The van der Waals surface area contributed by atoms with Crippen LogP contribution in [0.5, 0.6) is 5.75 Å². The van der Waals surface area contributed by atoms with Gasteiger partial charge < -0.3 is 9.84 Å². The van der Waals surface area contributed by atoms with E-state index in [1.165, 1.54) is 0 Å². The maximum atomic E-state index is 10.7. The summed E-state index contributed by atoms with van der Waals surface area (Å²) in [7, 11) is 0. The molecule has 0 heterocycles. The zero-order valence-corrected chi connectivity index (χ0v) is 8.40. The third-order valence-electron chi connectivity index (χ3n) is 1.87. The summed E-state index contributed by atoms with van der Waals surface area (Å²) in [6.45, 7) is 1.94. The van der Waals surface area contributed by atoms with Crippen molar-refractivity contribution in [2.75, 3.05) is 6.61 Å². The quantitative estimate of drug-likeness (QED) is 0.747. The van der Waals surface area contributed by atoms with Crippen molar-refractivity contribution in [1.82, 2.24) is 0 Å². The number of carbonyl (C=O) groups is 2. The second kappa shape index (κ2) is 5.14. The van der Waals surface area contributed by atoms with E-state index in [0.717, 1.165) is 5.56 Å². The molecule has 0 aliphatic carbocycles. The number of aldehydes is 1. The molecule has 0 saturated carbocycles. The van der Waals surface area contributed by atoms with Gasteiger partial charge in [-0.1, -0.05) is 11.6 Å². The highest BCUT2D eigenvalue weighted by molar-refractivity contribution is 5.79. The van der Waals surface area contributed by atoms with Crippen molar-refractivity contribution in [3.05, 3.63) is 29.3 Å². The van der Waals surface area contributed by atoms with Gasteiger partial charge in [-0.05, 0) is 19.1 Å². The standard InChI is InChI=1S/C11H12O4/c1-8-2-3-10(9(6-8)7-12)15-5-4-11(13)14/h2-3,6-7H,4-5H2,1H3,(H,13,14). The first-order chi connectivity index (χ1) is 7.13. The molecule has 15 heavy (non-hydrogen) atoms. The Morgan fingerprint density at radius 1 is 1.53 bits per heavy atom. The van der Waals surface area contributed by atoms with Crippen LogP contribution in [0.15, 0.2) is 18.2 Å². The molecule has 0 fully saturated rings. The maximum Gasteiger partial charge on any atom is 0.306 e. The van der Waals surface area contributed by atoms with E-state index in [0.29, 0.717) is 17.6 Å². The van der Waals surface area contributed by atoms with Crippen molar-refractivity contribution in [2.45, 2.75) is 13.3 Å². The summed E-state index contributed by atoms with van der Waals surface area (Å²) in [5.74, 6) is -0.494. The minimum Gasteiger partial charge on any atom is -0.492 e. The van der Waals surface area contributed by atoms with Crippen LogP contribution < -0.4 is 4.74 Å². The topological polar surface area (TPSA) is 63.6 Å². The monoisotopic (exact) mass is 208 g/mol. The lowest BCUT2D eigenvalue weighted by Crippen LogP contribution is -2.06. The van der Waals surface area contributed by atoms with Crippen LogP contribution in [0.2, 0.25) is 0 Å². The molecule has 0 atom stereocenters. The molecule has 4 nitrogen and oxygen atoms in total. The van der Waals surface area contributed by atoms with E-state index in [-0.39, 0.29) is 13.0 Å². The van der Waals surface area contributed by atoms with Gasteiger partial charge in [0.15, 0.2) is 6.29 Å². The predicted octanol–water partition coefficient (Wildman–Crippen LogP) is 1.66. The number of carboxylic acids is 1. The number of hydrogen-bond donors (Lipinski definition) is 1. The summed E-state index contributed by atoms with van der Waals surface area (Å²) in [4.78, 5) is 20.9. The summed E-state index contributed by atoms with van der Waals surface area (Å²) in [6.07, 6.45) is 0.620. The molecule has 1 aromatic rings. The minimum atomic E-state index is -0.922. The Labute approximate surface area is 87.5 Å². The van der Waals surface area contributed by atoms with E-state index < -0.39 is 5.97 Å². The van der Waals surface area contributed by atoms with Crippen molar-refractivity contribution in [2.24, 2.45) is 0 Å². The van der Waals surface area contributed by atoms with Crippen LogP contribution >= 0.6 is 0 Å². The number of benzene rings is 1. The van der Waals surface area contributed by atoms with E-state index in [1.54, 1.807) is 12.1 Å². The molecule has 0 aliphatic rings. The first kappa shape index (κ1) is 11.2. The normalized spacial score (nSPS) is 9.67. The average Bonchev–Trinajstić information content (AvgIpc) is 2.19. The van der Waals surface area contributed by atoms with Crippen LogP contribution in [0, 0.1) is 6.92 Å². The molecule has 0 spiro atoms. The van der Waals surface area contributed by atoms with Gasteiger partial charge in [0.1, 0.15) is 5.75 Å². The van der Waals surface area contributed by atoms with E-state index in [4.69, 9.17) is 9.84 Å². The van der Waals surface area contributed by atoms with Crippen LogP contribution in [-0.4, -0.2) is 24.0 Å². The molecule has 0 amide bonds. The van der Waals surface area contributed by atoms with Crippen LogP contribution in [0.3, 0.4) is 0 Å². The largest absolute Gasteiger partial charge is 0.492 e. The molecule has 0 bridgehead atoms. The van der Waals surface area contributed by atoms with Crippen LogP contribution in [-0.2, 0) is 4.79 Å². The third-order valence-corrected chi connectivity index (χ3v) is 1.87. The Bertz CT molecular complexity index is 371. The summed E-state index contributed by atoms with van der Waals surface area (Å²) < 4.78 is 5.18. The smallest absolute Gasteiger partial charge is 0.306 e. The SMILES string of the molecule is Cc1ccc(OCCC(=O)O)c(C=O)c1. The molecule has 0 aromatic heterocycles. The summed E-state index contributed by atoms with van der Waals surface area (Å²) in [6, 6.07) is 5.17. The Kier molecular flexibility index (Phi) is 3.85. The third kappa shape index (κ3) is 3.42. The zero-order chi connectivity index (χ0) is 11.3. The Balaban J connectivity index is 2.67. The number of carbonyl (C=O) groups excluding carboxylic acids is 1. The van der Waals surface area contributed by atoms with E-state index >= 15 is 0 Å². The van der Waals surface area contributed by atoms with Crippen LogP contribution in [0.25, 0.3) is 0 Å². The van der Waals surface area contributed by atoms with E-state index in [9.17, 15) is 9.59 Å². The van der Waals surface area contributed by atoms with Gasteiger partial charge in [-0.25, -0.2) is 0 Å². The van der Waals surface area contributed by atoms with Gasteiger partial charge in [0.2, 0.25) is 0 Å². The number of carboxylic acid groups (broad SMARTS) is 1. The summed E-state index contributed by atoms with van der Waals surface area (Å²) in [5.41, 5.74) is 1.41. The van der Waals surface area contributed by atoms with Gasteiger partial charge in [0, 0.05) is 0 Å². The molecule has 0 radical (unpaired) electrons. The maximum absolute atomic E-state index is 10.7. The van der Waals surface area contributed by atoms with E-state index in [2.05, 4.69) is 0 Å². The number of hydrogen-bond acceptors (Lipinski definition) is 3. The molecule has 4 heteroatoms. The first-order valence-electron chi connectivity index (χ1n) is 4.54. The summed E-state index contributed by atoms with van der Waals surface area (Å²) >= 11 is 0. The van der Waals surface area contributed by atoms with Gasteiger partial charge >= 0.3 is 5.97 Å². The second-order valence-corrected chi connectivity index (χ2v) is 3.15. The number of aryl methyl sites for hydroxylation is 1. The van der Waals surface area contributed by atoms with Crippen molar-refractivity contribution in [3.63, 3.8) is 0 Å². The lowest BCUT2D eigenvalue weighted by molar-refractivity contribution is -0.137. The minimum absolute atomic E-state index is 0.0687. The Morgan fingerprint density at radius 2 is 2.27 bits per heavy atom. The number of aliphatic carboxylic acids is 1. The second-order valence-electron chi connectivity index (χ2n) is 3.15. The van der Waals surface area contributed by atoms with Crippen molar-refractivity contribution in [3.8, 4) is 5.75 Å². The molecule has 0 aliphatic heterocycles. The average molecular weight is 208 g/mol. The van der Waals surface area contributed by atoms with Crippen LogP contribution in [0.1, 0.15) is 22.3 Å². The molecule has 1 N–H and O–H groups in total. The first-order valence-corrected chi connectivity index (χ1v) is 4.54. The van der Waals surface area contributed by atoms with E-state index in [1.807, 2.05) is 13.0 Å². The highest BCUT2D eigenvalue weighted by atomic mass is 16.5. The fourth-order valence-electron chi connectivity index (χ4n) is 1.14. The highest BCUT2D eigenvalue weighted by Crippen LogP contribution is 2.18. The van der Waals surface area contributed by atoms with Gasteiger partial charge in [-0.3, -0.25) is 9.59 Å². The number of ether oxygens (including phenoxy) is 1. The van der Waals surface area contributed by atoms with Crippen molar-refractivity contribution < 1.29 is 19.4 Å². The molecule has 80 valence electrons. The molecular formula is C11H12O4. The fraction of sp³-hybridized carbons (Fsp3) is 0.273. The van der Waals surface area contributed by atoms with Gasteiger partial charge in [0.05, 0.1) is 18.6 Å². The van der Waals surface area contributed by atoms with Crippen molar-refractivity contribution >= 4 is 12.3 Å². The van der Waals surface area contributed by atoms with Gasteiger partial charge in [0.25, 0.3) is 0 Å². The van der Waals surface area contributed by atoms with Gasteiger partial charge in [-0.2, -0.15) is 0 Å². The number of rotatable bonds is 5. The van der Waals surface area contributed by atoms with Crippen LogP contribution in [0.4, 0.5) is 0 Å². The Morgan fingerprint density at radius 3 is 2.87 bits per heavy atom. The predicted molar refractivity (Wildman–Crippen MR) is 54.3 cm³/mol. The van der Waals surface area contributed by atoms with Gasteiger partial charge in [-0.15, -0.1) is 0 Å². The highest BCUT2D eigenvalue weighted by Gasteiger charge is 2.04. The Hall–Kier alpha value is -1.84. The molecular weight excluding hydrogens is 196 g/mol. The zero-order valence-electron chi connectivity index (χ0n) is 8.40.